The van der Waals surface area contributed by atoms with Crippen molar-refractivity contribution in [3.05, 3.63) is 181 Å². The van der Waals surface area contributed by atoms with Gasteiger partial charge in [0.1, 0.15) is 0 Å². The Morgan fingerprint density at radius 2 is 1.20 bits per heavy atom. The fourth-order valence-electron chi connectivity index (χ4n) is 6.30. The van der Waals surface area contributed by atoms with Crippen molar-refractivity contribution >= 4 is 32.3 Å². The number of unbranched alkanes of at least 4 members (excludes halogenated alkanes) is 3. The largest absolute Gasteiger partial charge is 0.326 e. The molecule has 0 saturated carbocycles. The summed E-state index contributed by atoms with van der Waals surface area (Å²) < 4.78 is 2.33. The standard InChI is InChI=1S/C28H32N2Si.C13H13B/c1-2-3-4-7-13-24-14-12-19-27(22-24)31-28(30-21-20-29-23-30,25-15-8-5-9-16-25)26-17-10-6-11-18-26;1-14(12-8-4-2-5-9-12)13-10-6-3-7-11-13/h5-6,8-12,14-23H,2-4,7,13,31H2,1H3;2-11H,1H3. The van der Waals surface area contributed by atoms with Gasteiger partial charge >= 0.3 is 0 Å². The van der Waals surface area contributed by atoms with Crippen molar-refractivity contribution in [2.24, 2.45) is 0 Å². The first-order chi connectivity index (χ1) is 22.2. The summed E-state index contributed by atoms with van der Waals surface area (Å²) in [7, 11) is -0.801. The van der Waals surface area contributed by atoms with Gasteiger partial charge in [0.25, 0.3) is 0 Å². The predicted octanol–water partition coefficient (Wildman–Crippen LogP) is 7.18. The van der Waals surface area contributed by atoms with E-state index in [1.165, 1.54) is 64.9 Å². The molecule has 0 aliphatic carbocycles. The monoisotopic (exact) mass is 604 g/mol. The van der Waals surface area contributed by atoms with E-state index in [0.29, 0.717) is 6.71 Å². The van der Waals surface area contributed by atoms with E-state index in [1.54, 1.807) is 0 Å². The zero-order valence-corrected chi connectivity index (χ0v) is 28.2. The molecule has 4 heteroatoms. The number of hydrogen-bond acceptors (Lipinski definition) is 1. The molecule has 0 atom stereocenters. The molecule has 0 radical (unpaired) electrons. The quantitative estimate of drug-likeness (QED) is 0.107. The zero-order chi connectivity index (χ0) is 31.2. The van der Waals surface area contributed by atoms with E-state index in [0.717, 1.165) is 0 Å². The number of aryl methyl sites for hydroxylation is 1. The number of benzene rings is 5. The second-order valence-electron chi connectivity index (χ2n) is 11.9. The van der Waals surface area contributed by atoms with Crippen LogP contribution in [0.5, 0.6) is 0 Å². The van der Waals surface area contributed by atoms with Gasteiger partial charge in [-0.3, -0.25) is 0 Å². The molecule has 0 N–H and O–H groups in total. The fourth-order valence-corrected chi connectivity index (χ4v) is 8.75. The number of aromatic nitrogens is 2. The molecule has 5 aromatic carbocycles. The van der Waals surface area contributed by atoms with E-state index in [1.807, 2.05) is 12.5 Å². The van der Waals surface area contributed by atoms with E-state index >= 15 is 0 Å². The summed E-state index contributed by atoms with van der Waals surface area (Å²) in [5, 5.41) is 1.29. The van der Waals surface area contributed by atoms with Gasteiger partial charge in [0.15, 0.2) is 0 Å². The van der Waals surface area contributed by atoms with Crippen LogP contribution in [-0.4, -0.2) is 25.8 Å². The Kier molecular flexibility index (Phi) is 11.8. The Hall–Kier alpha value is -4.41. The summed E-state index contributed by atoms with van der Waals surface area (Å²) in [6.07, 6.45) is 12.4. The van der Waals surface area contributed by atoms with Crippen LogP contribution in [0.4, 0.5) is 0 Å². The van der Waals surface area contributed by atoms with E-state index < -0.39 is 9.52 Å². The maximum absolute atomic E-state index is 4.44. The first kappa shape index (κ1) is 32.0. The SMILES string of the molecule is CB(c1ccccc1)c1ccccc1.CCCCCCc1cccc([SiH2]C(c2ccccc2)(c2ccccc2)n2ccnc2)c1. The highest BCUT2D eigenvalue weighted by molar-refractivity contribution is 6.84. The minimum Gasteiger partial charge on any atom is -0.326 e. The number of rotatable bonds is 12. The van der Waals surface area contributed by atoms with Gasteiger partial charge in [0.2, 0.25) is 6.71 Å². The van der Waals surface area contributed by atoms with Crippen molar-refractivity contribution in [3.8, 4) is 0 Å². The van der Waals surface area contributed by atoms with E-state index in [-0.39, 0.29) is 5.16 Å². The summed E-state index contributed by atoms with van der Waals surface area (Å²) in [5.74, 6) is 0. The summed E-state index contributed by atoms with van der Waals surface area (Å²) >= 11 is 0. The van der Waals surface area contributed by atoms with Gasteiger partial charge in [-0.15, -0.1) is 0 Å². The molecule has 0 fully saturated rings. The molecular formula is C41H45BN2Si. The van der Waals surface area contributed by atoms with Gasteiger partial charge in [0, 0.05) is 12.4 Å². The lowest BCUT2D eigenvalue weighted by Crippen LogP contribution is -2.46. The molecule has 0 unspecified atom stereocenters. The molecule has 0 saturated heterocycles. The van der Waals surface area contributed by atoms with Gasteiger partial charge in [-0.1, -0.05) is 195 Å². The first-order valence-electron chi connectivity index (χ1n) is 16.5. The molecular weight excluding hydrogens is 559 g/mol. The Bertz CT molecular complexity index is 1580. The summed E-state index contributed by atoms with van der Waals surface area (Å²) in [4.78, 5) is 4.44. The van der Waals surface area contributed by atoms with Crippen LogP contribution in [0, 0.1) is 0 Å². The van der Waals surface area contributed by atoms with Crippen LogP contribution in [0.25, 0.3) is 0 Å². The Labute approximate surface area is 273 Å². The molecule has 45 heavy (non-hydrogen) atoms. The lowest BCUT2D eigenvalue weighted by atomic mass is 9.43. The fraction of sp³-hybridized carbons (Fsp3) is 0.195. The lowest BCUT2D eigenvalue weighted by Gasteiger charge is -2.37. The number of hydrogen-bond donors (Lipinski definition) is 0. The van der Waals surface area contributed by atoms with Gasteiger partial charge < -0.3 is 4.57 Å². The molecule has 0 aliphatic heterocycles. The third-order valence-electron chi connectivity index (χ3n) is 8.82. The normalized spacial score (nSPS) is 11.2. The highest BCUT2D eigenvalue weighted by Gasteiger charge is 2.36. The van der Waals surface area contributed by atoms with Gasteiger partial charge in [-0.2, -0.15) is 0 Å². The Morgan fingerprint density at radius 1 is 0.644 bits per heavy atom. The van der Waals surface area contributed by atoms with E-state index in [4.69, 9.17) is 0 Å². The second-order valence-corrected chi connectivity index (χ2v) is 14.1. The minimum atomic E-state index is -0.801. The highest BCUT2D eigenvalue weighted by atomic mass is 28.2. The van der Waals surface area contributed by atoms with Crippen LogP contribution in [0.15, 0.2) is 164 Å². The molecule has 6 rings (SSSR count). The number of nitrogens with zero attached hydrogens (tertiary/aromatic N) is 2. The molecule has 0 bridgehead atoms. The van der Waals surface area contributed by atoms with Crippen molar-refractivity contribution in [2.75, 3.05) is 0 Å². The third-order valence-corrected chi connectivity index (χ3v) is 11.4. The minimum absolute atomic E-state index is 0.208. The Balaban J connectivity index is 0.000000238. The maximum Gasteiger partial charge on any atom is 0.206 e. The molecule has 6 aromatic rings. The maximum atomic E-state index is 4.44. The van der Waals surface area contributed by atoms with Crippen LogP contribution in [-0.2, 0) is 11.6 Å². The zero-order valence-electron chi connectivity index (χ0n) is 26.8. The van der Waals surface area contributed by atoms with Gasteiger partial charge in [0.05, 0.1) is 21.0 Å². The summed E-state index contributed by atoms with van der Waals surface area (Å²) in [6, 6.07) is 52.5. The molecule has 1 heterocycles. The van der Waals surface area contributed by atoms with E-state index in [9.17, 15) is 0 Å². The van der Waals surface area contributed by atoms with Crippen molar-refractivity contribution < 1.29 is 0 Å². The molecule has 0 aliphatic rings. The molecule has 1 aromatic heterocycles. The van der Waals surface area contributed by atoms with Gasteiger partial charge in [-0.05, 0) is 29.5 Å². The van der Waals surface area contributed by atoms with Crippen LogP contribution < -0.4 is 16.1 Å². The van der Waals surface area contributed by atoms with Crippen LogP contribution >= 0.6 is 0 Å². The molecule has 0 spiro atoms. The Morgan fingerprint density at radius 3 is 1.71 bits per heavy atom. The van der Waals surface area contributed by atoms with Crippen LogP contribution in [0.1, 0.15) is 49.3 Å². The van der Waals surface area contributed by atoms with E-state index in [2.05, 4.69) is 175 Å². The molecule has 226 valence electrons. The topological polar surface area (TPSA) is 17.8 Å². The number of imidazole rings is 1. The van der Waals surface area contributed by atoms with Crippen molar-refractivity contribution in [3.63, 3.8) is 0 Å². The lowest BCUT2D eigenvalue weighted by molar-refractivity contribution is 0.596. The second kappa shape index (κ2) is 16.6. The molecule has 0 amide bonds. The smallest absolute Gasteiger partial charge is 0.206 e. The van der Waals surface area contributed by atoms with Crippen molar-refractivity contribution in [2.45, 2.75) is 51.0 Å². The van der Waals surface area contributed by atoms with Gasteiger partial charge in [-0.25, -0.2) is 4.98 Å². The average molecular weight is 605 g/mol. The third kappa shape index (κ3) is 8.40. The summed E-state index contributed by atoms with van der Waals surface area (Å²) in [5.41, 5.74) is 6.89. The predicted molar refractivity (Wildman–Crippen MR) is 198 cm³/mol. The highest BCUT2D eigenvalue weighted by Crippen LogP contribution is 2.33. The average Bonchev–Trinajstić information content (AvgIpc) is 3.67. The van der Waals surface area contributed by atoms with Crippen LogP contribution in [0.3, 0.4) is 0 Å². The summed E-state index contributed by atoms with van der Waals surface area (Å²) in [6.45, 7) is 5.00. The van der Waals surface area contributed by atoms with Crippen LogP contribution in [0.2, 0.25) is 6.82 Å². The molecule has 2 nitrogen and oxygen atoms in total. The first-order valence-corrected chi connectivity index (χ1v) is 17.9. The van der Waals surface area contributed by atoms with Crippen molar-refractivity contribution in [1.82, 2.24) is 9.55 Å². The van der Waals surface area contributed by atoms with Crippen molar-refractivity contribution in [1.29, 1.82) is 0 Å².